The van der Waals surface area contributed by atoms with Crippen LogP contribution in [0.2, 0.25) is 0 Å². The number of Topliss-reactive ketones (excluding diaryl/α,β-unsaturated/α-hetero) is 3. The predicted molar refractivity (Wildman–Crippen MR) is 239 cm³/mol. The van der Waals surface area contributed by atoms with Gasteiger partial charge in [0.1, 0.15) is 23.7 Å². The summed E-state index contributed by atoms with van der Waals surface area (Å²) in [5.74, 6) is -7.53. The molecule has 0 spiro atoms. The van der Waals surface area contributed by atoms with Gasteiger partial charge < -0.3 is 39.9 Å². The monoisotopic (exact) mass is 884 g/mol. The number of ketones is 3. The van der Waals surface area contributed by atoms with E-state index < -0.39 is 71.8 Å². The Balaban J connectivity index is 1.62. The van der Waals surface area contributed by atoms with Gasteiger partial charge in [-0.05, 0) is 113 Å². The van der Waals surface area contributed by atoms with E-state index in [0.717, 1.165) is 12.8 Å². The number of esters is 1. The Labute approximate surface area is 375 Å². The lowest BCUT2D eigenvalue weighted by molar-refractivity contribution is -0.265. The van der Waals surface area contributed by atoms with Crippen LogP contribution in [0.15, 0.2) is 47.6 Å². The highest BCUT2D eigenvalue weighted by molar-refractivity contribution is 6.39. The number of aliphatic hydroxyl groups is 5. The third-order valence-electron chi connectivity index (χ3n) is 14.1. The topological polar surface area (TPSA) is 208 Å². The third kappa shape index (κ3) is 15.1. The summed E-state index contributed by atoms with van der Waals surface area (Å²) in [5.41, 5.74) is 1.11. The molecule has 354 valence electrons. The minimum atomic E-state index is -2.48. The quantitative estimate of drug-likeness (QED) is 0.125. The molecule has 4 rings (SSSR count). The van der Waals surface area contributed by atoms with E-state index in [2.05, 4.69) is 0 Å². The summed E-state index contributed by atoms with van der Waals surface area (Å²) in [4.78, 5) is 70.1. The Morgan fingerprint density at radius 1 is 0.762 bits per heavy atom. The number of allylic oxidation sites excluding steroid dienone is 6. The standard InChI is InChI=1S/C50H77NO12/c1-30-13-9-8-10-14-31(2)43(55)28-40-21-16-36(7)50(61,63-40)47(58)48(59)51-22-12-11-15-41(51)49(60)62-46(35(6)25-37-17-19-38(52)20-18-37)27-39(53)26-42(54)33(4)24-34(5)45(57)29-44(56)32(3)23-30/h8-10,13-14,24,30,32-33,35-41,43,45-46,52-53,55,57,61H,11-12,15-23,25-29H2,1-7H3/b10-8+,13-9+,31-14+,34-24+/t30-,32+,33-,35-,36-,37-,38-,39?,40+,41+,43+,45+,46+,50-/m1/s1. The van der Waals surface area contributed by atoms with Crippen molar-refractivity contribution in [2.24, 2.45) is 35.5 Å². The lowest BCUT2D eigenvalue weighted by Crippen LogP contribution is -2.61. The molecule has 4 aliphatic rings. The van der Waals surface area contributed by atoms with Crippen molar-refractivity contribution in [3.05, 3.63) is 47.6 Å². The fraction of sp³-hybridized carbons (Fsp3) is 0.740. The minimum Gasteiger partial charge on any atom is -0.460 e. The SMILES string of the molecule is C/C1=C\[C@@H](C)C(=O)CC(O)C[C@@H]([C@H](C)C[C@H]2CC[C@H](O)CC2)OC(=O)[C@@H]2CCCCN2C(=O)C(=O)[C@]2(O)O[C@@H](CC[C@H]2C)C[C@H](O)/C(C)=C/C=C/C=C/[C@@H](C)C[C@H](C)C(=O)C[C@@H]1O. The molecule has 0 aromatic rings. The predicted octanol–water partition coefficient (Wildman–Crippen LogP) is 6.03. The highest BCUT2D eigenvalue weighted by Gasteiger charge is 2.53. The minimum absolute atomic E-state index is 0.0547. The van der Waals surface area contributed by atoms with Crippen LogP contribution >= 0.6 is 0 Å². The smallest absolute Gasteiger partial charge is 0.329 e. The number of hydrogen-bond donors (Lipinski definition) is 5. The summed E-state index contributed by atoms with van der Waals surface area (Å²) >= 11 is 0. The number of aliphatic hydroxyl groups excluding tert-OH is 4. The average molecular weight is 884 g/mol. The van der Waals surface area contributed by atoms with Crippen LogP contribution in [-0.2, 0) is 33.4 Å². The van der Waals surface area contributed by atoms with E-state index in [9.17, 15) is 49.5 Å². The number of carbonyl (C=O) groups is 5. The third-order valence-corrected chi connectivity index (χ3v) is 14.1. The number of fused-ring (bicyclic) bond motifs is 3. The second kappa shape index (κ2) is 24.3. The summed E-state index contributed by atoms with van der Waals surface area (Å²) in [6, 6.07) is -1.13. The number of cyclic esters (lactones) is 1. The van der Waals surface area contributed by atoms with Gasteiger partial charge in [0.15, 0.2) is 0 Å². The van der Waals surface area contributed by atoms with Gasteiger partial charge in [0.25, 0.3) is 11.7 Å². The van der Waals surface area contributed by atoms with E-state index in [4.69, 9.17) is 9.47 Å². The van der Waals surface area contributed by atoms with Crippen molar-refractivity contribution in [1.82, 2.24) is 4.90 Å². The van der Waals surface area contributed by atoms with Gasteiger partial charge in [-0.2, -0.15) is 0 Å². The molecule has 1 saturated carbocycles. The molecule has 1 aliphatic carbocycles. The van der Waals surface area contributed by atoms with Crippen LogP contribution in [0.5, 0.6) is 0 Å². The van der Waals surface area contributed by atoms with Crippen molar-refractivity contribution >= 4 is 29.2 Å². The Morgan fingerprint density at radius 3 is 2.16 bits per heavy atom. The van der Waals surface area contributed by atoms with Crippen LogP contribution in [-0.4, -0.2) is 115 Å². The van der Waals surface area contributed by atoms with Gasteiger partial charge in [-0.3, -0.25) is 19.2 Å². The molecule has 2 saturated heterocycles. The molecular weight excluding hydrogens is 807 g/mol. The first-order chi connectivity index (χ1) is 29.7. The second-order valence-corrected chi connectivity index (χ2v) is 19.6. The van der Waals surface area contributed by atoms with Crippen molar-refractivity contribution in [2.45, 2.75) is 193 Å². The number of hydrogen-bond acceptors (Lipinski definition) is 12. The average Bonchev–Trinajstić information content (AvgIpc) is 3.24. The first kappa shape index (κ1) is 52.3. The molecule has 3 heterocycles. The van der Waals surface area contributed by atoms with Gasteiger partial charge in [0.05, 0.1) is 30.5 Å². The number of piperidine rings is 1. The van der Waals surface area contributed by atoms with Crippen LogP contribution < -0.4 is 0 Å². The number of carbonyl (C=O) groups excluding carboxylic acids is 5. The first-order valence-electron chi connectivity index (χ1n) is 23.6. The lowest BCUT2D eigenvalue weighted by Gasteiger charge is -2.42. The van der Waals surface area contributed by atoms with Gasteiger partial charge in [0, 0.05) is 50.0 Å². The molecule has 0 aromatic heterocycles. The Morgan fingerprint density at radius 2 is 1.46 bits per heavy atom. The number of amides is 1. The summed E-state index contributed by atoms with van der Waals surface area (Å²) < 4.78 is 12.2. The normalized spacial score (nSPS) is 40.5. The van der Waals surface area contributed by atoms with Crippen molar-refractivity contribution in [3.8, 4) is 0 Å². The van der Waals surface area contributed by atoms with E-state index in [-0.39, 0.29) is 80.0 Å². The summed E-state index contributed by atoms with van der Waals surface area (Å²) in [6.07, 6.45) is 11.6. The largest absolute Gasteiger partial charge is 0.460 e. The fourth-order valence-electron chi connectivity index (χ4n) is 9.65. The highest BCUT2D eigenvalue weighted by atomic mass is 16.6. The van der Waals surface area contributed by atoms with E-state index in [0.29, 0.717) is 62.5 Å². The van der Waals surface area contributed by atoms with Crippen LogP contribution in [0.4, 0.5) is 0 Å². The number of nitrogens with zero attached hydrogens (tertiary/aromatic N) is 1. The number of rotatable bonds is 3. The van der Waals surface area contributed by atoms with Crippen molar-refractivity contribution in [2.75, 3.05) is 6.54 Å². The van der Waals surface area contributed by atoms with Crippen molar-refractivity contribution in [3.63, 3.8) is 0 Å². The molecule has 12 atom stereocenters. The van der Waals surface area contributed by atoms with Crippen molar-refractivity contribution in [1.29, 1.82) is 0 Å². The van der Waals surface area contributed by atoms with Crippen LogP contribution in [0.3, 0.4) is 0 Å². The van der Waals surface area contributed by atoms with E-state index >= 15 is 0 Å². The molecular formula is C50H77NO12. The maximum atomic E-state index is 14.2. The molecule has 2 bridgehead atoms. The van der Waals surface area contributed by atoms with Gasteiger partial charge in [-0.15, -0.1) is 0 Å². The Bertz CT molecular complexity index is 1690. The molecule has 13 nitrogen and oxygen atoms in total. The zero-order valence-electron chi connectivity index (χ0n) is 38.8. The van der Waals surface area contributed by atoms with E-state index in [1.54, 1.807) is 45.9 Å². The highest BCUT2D eigenvalue weighted by Crippen LogP contribution is 2.37. The zero-order valence-corrected chi connectivity index (χ0v) is 38.8. The molecule has 1 amide bonds. The maximum Gasteiger partial charge on any atom is 0.329 e. The summed E-state index contributed by atoms with van der Waals surface area (Å²) in [5, 5.41) is 55.3. The van der Waals surface area contributed by atoms with E-state index in [1.807, 2.05) is 39.0 Å². The molecule has 63 heavy (non-hydrogen) atoms. The maximum absolute atomic E-state index is 14.2. The summed E-state index contributed by atoms with van der Waals surface area (Å²) in [6.45, 7) is 12.6. The molecule has 1 unspecified atom stereocenters. The first-order valence-corrected chi connectivity index (χ1v) is 23.6. The lowest BCUT2D eigenvalue weighted by atomic mass is 9.80. The Hall–Kier alpha value is -3.33. The summed E-state index contributed by atoms with van der Waals surface area (Å²) in [7, 11) is 0. The molecule has 0 aromatic carbocycles. The van der Waals surface area contributed by atoms with Crippen molar-refractivity contribution < 1.29 is 59.0 Å². The van der Waals surface area contributed by atoms with Crippen LogP contribution in [0.25, 0.3) is 0 Å². The molecule has 5 N–H and O–H groups in total. The number of ether oxygens (including phenoxy) is 2. The van der Waals surface area contributed by atoms with Gasteiger partial charge in [-0.1, -0.05) is 71.1 Å². The zero-order chi connectivity index (χ0) is 46.6. The second-order valence-electron chi connectivity index (χ2n) is 19.6. The van der Waals surface area contributed by atoms with E-state index in [1.165, 1.54) is 4.90 Å². The Kier molecular flexibility index (Phi) is 20.1. The molecule has 3 aliphatic heterocycles. The molecule has 3 fully saturated rings. The van der Waals surface area contributed by atoms with Gasteiger partial charge in [0.2, 0.25) is 5.79 Å². The van der Waals surface area contributed by atoms with Crippen LogP contribution in [0.1, 0.15) is 145 Å². The fourth-order valence-corrected chi connectivity index (χ4v) is 9.65. The van der Waals surface area contributed by atoms with Gasteiger partial charge in [-0.25, -0.2) is 4.79 Å². The van der Waals surface area contributed by atoms with Gasteiger partial charge >= 0.3 is 5.97 Å². The molecule has 13 heteroatoms. The molecule has 0 radical (unpaired) electrons. The van der Waals surface area contributed by atoms with Crippen LogP contribution in [0, 0.1) is 35.5 Å².